The Balaban J connectivity index is 1.75. The van der Waals surface area contributed by atoms with E-state index in [2.05, 4.69) is 5.32 Å². The first-order chi connectivity index (χ1) is 14.7. The zero-order valence-electron chi connectivity index (χ0n) is 19.1. The number of ether oxygens (including phenoxy) is 2. The van der Waals surface area contributed by atoms with Crippen LogP contribution in [0.3, 0.4) is 0 Å². The zero-order chi connectivity index (χ0) is 22.8. The lowest BCUT2D eigenvalue weighted by Gasteiger charge is -2.44. The summed E-state index contributed by atoms with van der Waals surface area (Å²) in [4.78, 5) is 29.8. The highest BCUT2D eigenvalue weighted by atomic mass is 16.5. The van der Waals surface area contributed by atoms with Crippen LogP contribution in [0.5, 0.6) is 11.5 Å². The number of carbonyl (C=O) groups excluding carboxylic acids is 2. The molecule has 2 aromatic rings. The van der Waals surface area contributed by atoms with Crippen molar-refractivity contribution in [1.82, 2.24) is 4.90 Å². The molecule has 0 bridgehead atoms. The summed E-state index contributed by atoms with van der Waals surface area (Å²) in [5.74, 6) is 1.07. The number of fused-ring (bicyclic) bond motifs is 1. The summed E-state index contributed by atoms with van der Waals surface area (Å²) in [7, 11) is 5.15. The fourth-order valence-corrected chi connectivity index (χ4v) is 3.76. The quantitative estimate of drug-likeness (QED) is 0.737. The van der Waals surface area contributed by atoms with Gasteiger partial charge in [0, 0.05) is 6.54 Å². The molecule has 1 N–H and O–H groups in total. The summed E-state index contributed by atoms with van der Waals surface area (Å²) < 4.78 is 10.7. The van der Waals surface area contributed by atoms with Gasteiger partial charge < -0.3 is 14.8 Å². The molecule has 3 rings (SSSR count). The lowest BCUT2D eigenvalue weighted by Crippen LogP contribution is -2.61. The Kier molecular flexibility index (Phi) is 6.55. The number of para-hydroxylation sites is 2. The summed E-state index contributed by atoms with van der Waals surface area (Å²) in [5, 5.41) is 2.90. The van der Waals surface area contributed by atoms with Crippen LogP contribution < -0.4 is 19.7 Å². The normalized spacial score (nSPS) is 15.8. The maximum Gasteiger partial charge on any atom is 0.250 e. The van der Waals surface area contributed by atoms with Gasteiger partial charge in [-0.2, -0.15) is 0 Å². The van der Waals surface area contributed by atoms with Crippen molar-refractivity contribution >= 4 is 23.2 Å². The van der Waals surface area contributed by atoms with Crippen molar-refractivity contribution in [2.24, 2.45) is 0 Å². The van der Waals surface area contributed by atoms with Crippen LogP contribution in [0.2, 0.25) is 0 Å². The van der Waals surface area contributed by atoms with Gasteiger partial charge in [0.25, 0.3) is 0 Å². The number of benzene rings is 2. The fourth-order valence-electron chi connectivity index (χ4n) is 3.76. The smallest absolute Gasteiger partial charge is 0.250 e. The molecule has 0 fully saturated rings. The lowest BCUT2D eigenvalue weighted by atomic mass is 9.95. The van der Waals surface area contributed by atoms with Crippen LogP contribution in [-0.4, -0.2) is 56.1 Å². The molecule has 1 aliphatic heterocycles. The number of amides is 2. The van der Waals surface area contributed by atoms with E-state index >= 15 is 0 Å². The van der Waals surface area contributed by atoms with Crippen LogP contribution >= 0.6 is 0 Å². The number of nitrogens with zero attached hydrogens (tertiary/aromatic N) is 2. The molecule has 1 heterocycles. The van der Waals surface area contributed by atoms with E-state index < -0.39 is 11.6 Å². The molecule has 0 spiro atoms. The van der Waals surface area contributed by atoms with Gasteiger partial charge in [0.1, 0.15) is 5.54 Å². The van der Waals surface area contributed by atoms with Crippen LogP contribution in [-0.2, 0) is 16.0 Å². The minimum absolute atomic E-state index is 0.109. The van der Waals surface area contributed by atoms with Crippen LogP contribution in [0.15, 0.2) is 42.5 Å². The van der Waals surface area contributed by atoms with Crippen LogP contribution in [0, 0.1) is 0 Å². The molecule has 1 atom stereocenters. The summed E-state index contributed by atoms with van der Waals surface area (Å²) >= 11 is 0. The molecule has 2 amide bonds. The third-order valence-electron chi connectivity index (χ3n) is 5.95. The molecule has 166 valence electrons. The van der Waals surface area contributed by atoms with E-state index in [1.165, 1.54) is 0 Å². The second-order valence-electron chi connectivity index (χ2n) is 8.30. The molecular weight excluding hydrogens is 394 g/mol. The van der Waals surface area contributed by atoms with Gasteiger partial charge in [0.05, 0.1) is 31.6 Å². The summed E-state index contributed by atoms with van der Waals surface area (Å²) in [6, 6.07) is 12.8. The third kappa shape index (κ3) is 4.37. The third-order valence-corrected chi connectivity index (χ3v) is 5.95. The Hall–Kier alpha value is -3.06. The van der Waals surface area contributed by atoms with Crippen molar-refractivity contribution in [2.75, 3.05) is 38.0 Å². The number of nitrogens with one attached hydrogen (secondary N) is 1. The standard InChI is InChI=1S/C24H31N3O4/c1-16(26(4)14-13-17-11-12-20(30-5)21(15-17)31-6)22(28)27-19-10-8-7-9-18(19)25-23(29)24(27,2)3/h7-12,15-16H,13-14H2,1-6H3,(H,25,29)/t16-/m1/s1. The second-order valence-corrected chi connectivity index (χ2v) is 8.30. The first kappa shape index (κ1) is 22.6. The van der Waals surface area contributed by atoms with E-state index in [9.17, 15) is 9.59 Å². The van der Waals surface area contributed by atoms with Crippen LogP contribution in [0.1, 0.15) is 26.3 Å². The Labute approximate surface area is 183 Å². The summed E-state index contributed by atoms with van der Waals surface area (Å²) in [6.45, 7) is 6.09. The van der Waals surface area contributed by atoms with E-state index in [1.807, 2.05) is 61.3 Å². The second kappa shape index (κ2) is 8.98. The van der Waals surface area contributed by atoms with Crippen molar-refractivity contribution in [1.29, 1.82) is 0 Å². The average Bonchev–Trinajstić information content (AvgIpc) is 2.76. The van der Waals surface area contributed by atoms with Crippen molar-refractivity contribution in [3.63, 3.8) is 0 Å². The predicted octanol–water partition coefficient (Wildman–Crippen LogP) is 3.33. The highest BCUT2D eigenvalue weighted by molar-refractivity contribution is 6.15. The number of carbonyl (C=O) groups is 2. The van der Waals surface area contributed by atoms with Crippen molar-refractivity contribution in [2.45, 2.75) is 38.8 Å². The van der Waals surface area contributed by atoms with E-state index in [0.717, 1.165) is 17.7 Å². The average molecular weight is 426 g/mol. The molecule has 0 aliphatic carbocycles. The number of methoxy groups -OCH3 is 2. The van der Waals surface area contributed by atoms with Crippen molar-refractivity contribution < 1.29 is 19.1 Å². The van der Waals surface area contributed by atoms with E-state index in [-0.39, 0.29) is 11.8 Å². The fraction of sp³-hybridized carbons (Fsp3) is 0.417. The molecule has 2 aromatic carbocycles. The van der Waals surface area contributed by atoms with E-state index in [1.54, 1.807) is 33.0 Å². The highest BCUT2D eigenvalue weighted by Crippen LogP contribution is 2.37. The van der Waals surface area contributed by atoms with Crippen LogP contribution in [0.4, 0.5) is 11.4 Å². The van der Waals surface area contributed by atoms with Gasteiger partial charge in [-0.05, 0) is 64.1 Å². The van der Waals surface area contributed by atoms with Gasteiger partial charge in [-0.25, -0.2) is 0 Å². The number of hydrogen-bond acceptors (Lipinski definition) is 5. The Morgan fingerprint density at radius 1 is 1.13 bits per heavy atom. The van der Waals surface area contributed by atoms with Gasteiger partial charge in [-0.3, -0.25) is 19.4 Å². The maximum atomic E-state index is 13.5. The van der Waals surface area contributed by atoms with Gasteiger partial charge in [-0.1, -0.05) is 18.2 Å². The molecule has 31 heavy (non-hydrogen) atoms. The number of likely N-dealkylation sites (N-methyl/N-ethyl adjacent to an activating group) is 1. The van der Waals surface area contributed by atoms with Gasteiger partial charge in [0.15, 0.2) is 11.5 Å². The Morgan fingerprint density at radius 2 is 1.81 bits per heavy atom. The van der Waals surface area contributed by atoms with Crippen molar-refractivity contribution in [3.05, 3.63) is 48.0 Å². The topological polar surface area (TPSA) is 71.1 Å². The molecule has 0 saturated heterocycles. The zero-order valence-corrected chi connectivity index (χ0v) is 19.1. The summed E-state index contributed by atoms with van der Waals surface area (Å²) in [5.41, 5.74) is 1.48. The van der Waals surface area contributed by atoms with Gasteiger partial charge >= 0.3 is 0 Å². The first-order valence-electron chi connectivity index (χ1n) is 10.4. The Morgan fingerprint density at radius 3 is 2.48 bits per heavy atom. The SMILES string of the molecule is COc1ccc(CCN(C)[C@H](C)C(=O)N2c3ccccc3NC(=O)C2(C)C)cc1OC. The molecule has 1 aliphatic rings. The molecule has 0 saturated carbocycles. The number of rotatable bonds is 7. The lowest BCUT2D eigenvalue weighted by molar-refractivity contribution is -0.129. The van der Waals surface area contributed by atoms with Gasteiger partial charge in [0.2, 0.25) is 11.8 Å². The van der Waals surface area contributed by atoms with Crippen LogP contribution in [0.25, 0.3) is 0 Å². The molecule has 7 heteroatoms. The number of anilines is 2. The van der Waals surface area contributed by atoms with Crippen molar-refractivity contribution in [3.8, 4) is 11.5 Å². The largest absolute Gasteiger partial charge is 0.493 e. The maximum absolute atomic E-state index is 13.5. The monoisotopic (exact) mass is 425 g/mol. The summed E-state index contributed by atoms with van der Waals surface area (Å²) in [6.07, 6.45) is 0.745. The van der Waals surface area contributed by atoms with E-state index in [4.69, 9.17) is 9.47 Å². The molecular formula is C24H31N3O4. The van der Waals surface area contributed by atoms with Gasteiger partial charge in [-0.15, -0.1) is 0 Å². The predicted molar refractivity (Wildman–Crippen MR) is 122 cm³/mol. The first-order valence-corrected chi connectivity index (χ1v) is 10.4. The molecule has 7 nitrogen and oxygen atoms in total. The van der Waals surface area contributed by atoms with E-state index in [0.29, 0.717) is 23.7 Å². The molecule has 0 aromatic heterocycles. The molecule has 0 radical (unpaired) electrons. The minimum Gasteiger partial charge on any atom is -0.493 e. The highest BCUT2D eigenvalue weighted by Gasteiger charge is 2.45. The minimum atomic E-state index is -0.982. The Bertz CT molecular complexity index is 973. The molecule has 0 unspecified atom stereocenters. The number of hydrogen-bond donors (Lipinski definition) is 1.